The minimum atomic E-state index is -0.651. The summed E-state index contributed by atoms with van der Waals surface area (Å²) in [5, 5.41) is 29.7. The molecule has 0 bridgehead atoms. The standard InChI is InChI=1S/C27H23Cl2N5O3S/c1-16-8-9-22(10-17(16)2)34-18(3)31-32-27(34)38-25(14-33(35)36)21-11-23(28)26(24(29)12-21)37-15-20-7-5-4-6-19(20)13-30/h4-12,25H,14-15H2,1-3H3/t25-/m0/s1. The second-order valence-corrected chi connectivity index (χ2v) is 10.6. The normalized spacial score (nSPS) is 11.7. The van der Waals surface area contributed by atoms with Crippen molar-refractivity contribution in [2.75, 3.05) is 6.54 Å². The van der Waals surface area contributed by atoms with Crippen molar-refractivity contribution < 1.29 is 9.66 Å². The minimum absolute atomic E-state index is 0.0912. The van der Waals surface area contributed by atoms with Gasteiger partial charge >= 0.3 is 0 Å². The fourth-order valence-electron chi connectivity index (χ4n) is 3.86. The van der Waals surface area contributed by atoms with Gasteiger partial charge in [0.15, 0.2) is 10.9 Å². The molecule has 1 heterocycles. The molecule has 0 saturated carbocycles. The van der Waals surface area contributed by atoms with Gasteiger partial charge < -0.3 is 4.74 Å². The van der Waals surface area contributed by atoms with Crippen molar-refractivity contribution in [3.8, 4) is 17.5 Å². The monoisotopic (exact) mass is 567 g/mol. The van der Waals surface area contributed by atoms with Gasteiger partial charge in [0.2, 0.25) is 6.54 Å². The van der Waals surface area contributed by atoms with Gasteiger partial charge in [-0.1, -0.05) is 59.2 Å². The highest BCUT2D eigenvalue weighted by molar-refractivity contribution is 7.99. The van der Waals surface area contributed by atoms with E-state index in [1.807, 2.05) is 49.6 Å². The zero-order chi connectivity index (χ0) is 27.4. The van der Waals surface area contributed by atoms with Crippen LogP contribution in [0.5, 0.6) is 5.75 Å². The van der Waals surface area contributed by atoms with Crippen LogP contribution in [0.15, 0.2) is 59.8 Å². The molecule has 38 heavy (non-hydrogen) atoms. The predicted octanol–water partition coefficient (Wildman–Crippen LogP) is 7.06. The smallest absolute Gasteiger partial charge is 0.220 e. The molecule has 0 aliphatic carbocycles. The van der Waals surface area contributed by atoms with Crippen molar-refractivity contribution in [3.63, 3.8) is 0 Å². The second-order valence-electron chi connectivity index (χ2n) is 8.63. The first kappa shape index (κ1) is 27.5. The number of aromatic nitrogens is 3. The third kappa shape index (κ3) is 6.10. The molecule has 0 fully saturated rings. The Labute approximate surface area is 234 Å². The lowest BCUT2D eigenvalue weighted by molar-refractivity contribution is -0.479. The third-order valence-electron chi connectivity index (χ3n) is 6.01. The van der Waals surface area contributed by atoms with Gasteiger partial charge in [-0.2, -0.15) is 5.26 Å². The molecule has 0 aliphatic rings. The van der Waals surface area contributed by atoms with Crippen LogP contribution in [0.25, 0.3) is 5.69 Å². The Morgan fingerprint density at radius 2 is 1.79 bits per heavy atom. The van der Waals surface area contributed by atoms with Crippen molar-refractivity contribution in [1.29, 1.82) is 5.26 Å². The highest BCUT2D eigenvalue weighted by Crippen LogP contribution is 2.42. The van der Waals surface area contributed by atoms with Gasteiger partial charge in [0.05, 0.1) is 21.7 Å². The average molecular weight is 568 g/mol. The maximum atomic E-state index is 11.6. The van der Waals surface area contributed by atoms with Crippen LogP contribution >= 0.6 is 35.0 Å². The van der Waals surface area contributed by atoms with Gasteiger partial charge in [-0.05, 0) is 67.8 Å². The van der Waals surface area contributed by atoms with Crippen LogP contribution in [-0.2, 0) is 6.61 Å². The number of hydrogen-bond donors (Lipinski definition) is 0. The Morgan fingerprint density at radius 1 is 1.08 bits per heavy atom. The molecule has 194 valence electrons. The van der Waals surface area contributed by atoms with Crippen molar-refractivity contribution in [2.24, 2.45) is 0 Å². The summed E-state index contributed by atoms with van der Waals surface area (Å²) in [4.78, 5) is 11.2. The van der Waals surface area contributed by atoms with Crippen LogP contribution in [-0.4, -0.2) is 26.2 Å². The van der Waals surface area contributed by atoms with Gasteiger partial charge in [0, 0.05) is 16.2 Å². The number of ether oxygens (including phenoxy) is 1. The van der Waals surface area contributed by atoms with E-state index in [1.54, 1.807) is 30.3 Å². The Hall–Kier alpha value is -3.58. The molecule has 0 radical (unpaired) electrons. The first-order valence-electron chi connectivity index (χ1n) is 11.6. The second kappa shape index (κ2) is 11.9. The van der Waals surface area contributed by atoms with E-state index in [2.05, 4.69) is 16.3 Å². The molecular weight excluding hydrogens is 545 g/mol. The lowest BCUT2D eigenvalue weighted by atomic mass is 10.1. The Morgan fingerprint density at radius 3 is 2.45 bits per heavy atom. The molecule has 0 unspecified atom stereocenters. The molecule has 0 amide bonds. The lowest BCUT2D eigenvalue weighted by Crippen LogP contribution is -2.11. The van der Waals surface area contributed by atoms with Crippen LogP contribution in [0.3, 0.4) is 0 Å². The van der Waals surface area contributed by atoms with Crippen molar-refractivity contribution >= 4 is 35.0 Å². The van der Waals surface area contributed by atoms with Crippen molar-refractivity contribution in [3.05, 3.63) is 108 Å². The largest absolute Gasteiger partial charge is 0.486 e. The van der Waals surface area contributed by atoms with E-state index in [-0.39, 0.29) is 33.9 Å². The highest BCUT2D eigenvalue weighted by atomic mass is 35.5. The molecule has 4 aromatic rings. The molecular formula is C27H23Cl2N5O3S. The topological polar surface area (TPSA) is 107 Å². The molecule has 0 spiro atoms. The summed E-state index contributed by atoms with van der Waals surface area (Å²) in [6.07, 6.45) is 0. The average Bonchev–Trinajstić information content (AvgIpc) is 3.24. The predicted molar refractivity (Wildman–Crippen MR) is 148 cm³/mol. The third-order valence-corrected chi connectivity index (χ3v) is 7.75. The first-order valence-corrected chi connectivity index (χ1v) is 13.2. The van der Waals surface area contributed by atoms with Crippen LogP contribution in [0, 0.1) is 42.2 Å². The van der Waals surface area contributed by atoms with E-state index in [0.29, 0.717) is 27.7 Å². The Balaban J connectivity index is 1.64. The SMILES string of the molecule is Cc1ccc(-n2c(C)nnc2S[C@@H](C[N+](=O)[O-])c2cc(Cl)c(OCc3ccccc3C#N)c(Cl)c2)cc1C. The molecule has 4 rings (SSSR count). The summed E-state index contributed by atoms with van der Waals surface area (Å²) in [5.41, 5.74) is 4.87. The molecule has 1 aromatic heterocycles. The molecule has 3 aromatic carbocycles. The summed E-state index contributed by atoms with van der Waals surface area (Å²) in [6, 6.07) is 18.4. The number of rotatable bonds is 9. The van der Waals surface area contributed by atoms with E-state index < -0.39 is 5.25 Å². The molecule has 11 heteroatoms. The van der Waals surface area contributed by atoms with Crippen LogP contribution in [0.2, 0.25) is 10.0 Å². The number of hydrogen-bond acceptors (Lipinski definition) is 7. The number of nitrogens with zero attached hydrogens (tertiary/aromatic N) is 5. The summed E-state index contributed by atoms with van der Waals surface area (Å²) in [6.45, 7) is 5.59. The van der Waals surface area contributed by atoms with Gasteiger partial charge in [0.1, 0.15) is 17.7 Å². The maximum Gasteiger partial charge on any atom is 0.220 e. The number of thioether (sulfide) groups is 1. The number of nitro groups is 1. The number of halogens is 2. The van der Waals surface area contributed by atoms with Gasteiger partial charge in [-0.15, -0.1) is 10.2 Å². The highest BCUT2D eigenvalue weighted by Gasteiger charge is 2.26. The van der Waals surface area contributed by atoms with Gasteiger partial charge in [0.25, 0.3) is 0 Å². The number of nitriles is 1. The minimum Gasteiger partial charge on any atom is -0.486 e. The molecule has 0 N–H and O–H groups in total. The van der Waals surface area contributed by atoms with Crippen molar-refractivity contribution in [2.45, 2.75) is 37.8 Å². The van der Waals surface area contributed by atoms with E-state index in [4.69, 9.17) is 27.9 Å². The number of benzene rings is 3. The van der Waals surface area contributed by atoms with Crippen LogP contribution in [0.4, 0.5) is 0 Å². The van der Waals surface area contributed by atoms with Crippen molar-refractivity contribution in [1.82, 2.24) is 14.8 Å². The molecule has 1 atom stereocenters. The van der Waals surface area contributed by atoms with E-state index >= 15 is 0 Å². The zero-order valence-electron chi connectivity index (χ0n) is 20.8. The molecule has 8 nitrogen and oxygen atoms in total. The summed E-state index contributed by atoms with van der Waals surface area (Å²) >= 11 is 14.3. The Bertz CT molecular complexity index is 1530. The van der Waals surface area contributed by atoms with E-state index in [0.717, 1.165) is 16.8 Å². The summed E-state index contributed by atoms with van der Waals surface area (Å²) in [5.74, 6) is 0.900. The fraction of sp³-hybridized carbons (Fsp3) is 0.222. The molecule has 0 aliphatic heterocycles. The maximum absolute atomic E-state index is 11.6. The molecule has 0 saturated heterocycles. The lowest BCUT2D eigenvalue weighted by Gasteiger charge is -2.17. The fourth-order valence-corrected chi connectivity index (χ4v) is 5.63. The van der Waals surface area contributed by atoms with Crippen LogP contribution < -0.4 is 4.74 Å². The summed E-state index contributed by atoms with van der Waals surface area (Å²) < 4.78 is 7.72. The van der Waals surface area contributed by atoms with Crippen LogP contribution in [0.1, 0.15) is 38.9 Å². The van der Waals surface area contributed by atoms with Gasteiger partial charge in [-0.3, -0.25) is 14.7 Å². The quantitative estimate of drug-likeness (QED) is 0.121. The first-order chi connectivity index (χ1) is 18.2. The van der Waals surface area contributed by atoms with E-state index in [1.165, 1.54) is 11.8 Å². The summed E-state index contributed by atoms with van der Waals surface area (Å²) in [7, 11) is 0. The zero-order valence-corrected chi connectivity index (χ0v) is 23.1. The number of aryl methyl sites for hydroxylation is 3. The Kier molecular flexibility index (Phi) is 8.57. The van der Waals surface area contributed by atoms with Gasteiger partial charge in [-0.25, -0.2) is 0 Å². The van der Waals surface area contributed by atoms with E-state index in [9.17, 15) is 15.4 Å².